The highest BCUT2D eigenvalue weighted by atomic mass is 28.4. The molecule has 2 bridgehead atoms. The van der Waals surface area contributed by atoms with Gasteiger partial charge in [-0.1, -0.05) is 39.0 Å². The van der Waals surface area contributed by atoms with Gasteiger partial charge in [0.25, 0.3) is 5.69 Å². The first kappa shape index (κ1) is 26.0. The average Bonchev–Trinajstić information content (AvgIpc) is 3.33. The lowest BCUT2D eigenvalue weighted by atomic mass is 9.66. The second-order valence-electron chi connectivity index (χ2n) is 12.3. The molecule has 37 heavy (non-hydrogen) atoms. The maximum Gasteiger partial charge on any atom is 0.277 e. The summed E-state index contributed by atoms with van der Waals surface area (Å²) in [6.45, 7) is 12.8. The molecule has 3 heterocycles. The van der Waals surface area contributed by atoms with Crippen molar-refractivity contribution >= 4 is 42.3 Å². The fourth-order valence-corrected chi connectivity index (χ4v) is 7.22. The minimum absolute atomic E-state index is 0.0142. The van der Waals surface area contributed by atoms with E-state index >= 15 is 0 Å². The van der Waals surface area contributed by atoms with Crippen LogP contribution in [0.3, 0.4) is 0 Å². The molecule has 2 amide bonds. The van der Waals surface area contributed by atoms with E-state index in [-0.39, 0.29) is 17.1 Å². The Kier molecular flexibility index (Phi) is 5.73. The molecule has 2 aromatic rings. The lowest BCUT2D eigenvalue weighted by Crippen LogP contribution is -2.50. The van der Waals surface area contributed by atoms with E-state index in [1.54, 1.807) is 31.2 Å². The van der Waals surface area contributed by atoms with Crippen molar-refractivity contribution in [2.45, 2.75) is 76.0 Å². The number of nitro groups is 1. The number of carbonyl (C=O) groups excluding carboxylic acids is 2. The molecule has 198 valence electrons. The van der Waals surface area contributed by atoms with Gasteiger partial charge in [-0.3, -0.25) is 19.7 Å². The fourth-order valence-electron chi connectivity index (χ4n) is 6.18. The monoisotopic (exact) mass is 526 g/mol. The quantitative estimate of drug-likeness (QED) is 0.254. The first-order valence-corrected chi connectivity index (χ1v) is 15.6. The zero-order chi connectivity index (χ0) is 27.1. The first-order chi connectivity index (χ1) is 17.1. The van der Waals surface area contributed by atoms with Crippen LogP contribution in [0.1, 0.15) is 40.5 Å². The van der Waals surface area contributed by atoms with Gasteiger partial charge < -0.3 is 14.3 Å². The first-order valence-electron chi connectivity index (χ1n) is 12.7. The van der Waals surface area contributed by atoms with E-state index in [1.165, 1.54) is 12.1 Å². The molecule has 0 spiro atoms. The molecule has 3 aliphatic heterocycles. The SMILES string of the molecule is CC(C)(C)[Si](C)(C)OCC[C@]12CC(O)[C@](C)(O1)[C@@H]1C(=O)N(c3ccc([N+](=O)[O-])c4ccccc34)C(=O)[C@@H]12. The van der Waals surface area contributed by atoms with Crippen molar-refractivity contribution in [2.75, 3.05) is 11.5 Å². The number of aliphatic hydroxyl groups excluding tert-OH is 1. The fraction of sp³-hybridized carbons (Fsp3) is 0.556. The molecular weight excluding hydrogens is 492 g/mol. The molecule has 3 fully saturated rings. The summed E-state index contributed by atoms with van der Waals surface area (Å²) in [5.74, 6) is -2.43. The lowest BCUT2D eigenvalue weighted by Gasteiger charge is -2.38. The summed E-state index contributed by atoms with van der Waals surface area (Å²) in [4.78, 5) is 40.1. The Bertz CT molecular complexity index is 1320. The summed E-state index contributed by atoms with van der Waals surface area (Å²) in [6, 6.07) is 9.49. The molecule has 0 aliphatic carbocycles. The number of rotatable bonds is 6. The van der Waals surface area contributed by atoms with Crippen LogP contribution in [0, 0.1) is 22.0 Å². The van der Waals surface area contributed by atoms with Gasteiger partial charge in [-0.05, 0) is 43.6 Å². The predicted molar refractivity (Wildman–Crippen MR) is 141 cm³/mol. The van der Waals surface area contributed by atoms with E-state index in [2.05, 4.69) is 33.9 Å². The maximum absolute atomic E-state index is 14.0. The largest absolute Gasteiger partial charge is 0.417 e. The Labute approximate surface area is 217 Å². The van der Waals surface area contributed by atoms with Crippen LogP contribution >= 0.6 is 0 Å². The number of imide groups is 1. The second-order valence-corrected chi connectivity index (χ2v) is 17.1. The van der Waals surface area contributed by atoms with Crippen LogP contribution in [0.2, 0.25) is 18.1 Å². The number of hydrogen-bond acceptors (Lipinski definition) is 7. The van der Waals surface area contributed by atoms with Gasteiger partial charge in [0.2, 0.25) is 11.8 Å². The number of carbonyl (C=O) groups is 2. The number of anilines is 1. The summed E-state index contributed by atoms with van der Waals surface area (Å²) < 4.78 is 12.8. The van der Waals surface area contributed by atoms with Gasteiger partial charge in [0.15, 0.2) is 8.32 Å². The number of nitro benzene ring substituents is 1. The number of benzene rings is 2. The summed E-state index contributed by atoms with van der Waals surface area (Å²) in [6.07, 6.45) is -0.257. The number of non-ortho nitro benzene ring substituents is 1. The highest BCUT2D eigenvalue weighted by Gasteiger charge is 2.77. The van der Waals surface area contributed by atoms with Crippen molar-refractivity contribution in [2.24, 2.45) is 11.8 Å². The second kappa shape index (κ2) is 8.17. The molecule has 5 rings (SSSR count). The summed E-state index contributed by atoms with van der Waals surface area (Å²) in [7, 11) is -2.06. The average molecular weight is 527 g/mol. The van der Waals surface area contributed by atoms with Crippen molar-refractivity contribution in [1.82, 2.24) is 0 Å². The molecular formula is C27H34N2O7Si. The van der Waals surface area contributed by atoms with Crippen LogP contribution < -0.4 is 4.90 Å². The Balaban J connectivity index is 1.52. The minimum Gasteiger partial charge on any atom is -0.417 e. The third-order valence-electron chi connectivity index (χ3n) is 9.22. The predicted octanol–water partition coefficient (Wildman–Crippen LogP) is 4.56. The molecule has 0 saturated carbocycles. The molecule has 10 heteroatoms. The Morgan fingerprint density at radius 3 is 2.38 bits per heavy atom. The summed E-state index contributed by atoms with van der Waals surface area (Å²) in [5, 5.41) is 23.4. The minimum atomic E-state index is -2.06. The number of nitrogens with zero attached hydrogens (tertiary/aromatic N) is 2. The Morgan fingerprint density at radius 2 is 1.76 bits per heavy atom. The van der Waals surface area contributed by atoms with Gasteiger partial charge in [0.05, 0.1) is 39.5 Å². The number of ether oxygens (including phenoxy) is 1. The molecule has 1 unspecified atom stereocenters. The highest BCUT2D eigenvalue weighted by Crippen LogP contribution is 2.62. The van der Waals surface area contributed by atoms with Gasteiger partial charge in [-0.2, -0.15) is 0 Å². The van der Waals surface area contributed by atoms with Gasteiger partial charge in [0.1, 0.15) is 5.60 Å². The van der Waals surface area contributed by atoms with Gasteiger partial charge >= 0.3 is 0 Å². The molecule has 9 nitrogen and oxygen atoms in total. The van der Waals surface area contributed by atoms with Crippen LogP contribution in [0.15, 0.2) is 36.4 Å². The van der Waals surface area contributed by atoms with Gasteiger partial charge in [-0.25, -0.2) is 4.90 Å². The van der Waals surface area contributed by atoms with E-state index < -0.39 is 54.2 Å². The smallest absolute Gasteiger partial charge is 0.277 e. The van der Waals surface area contributed by atoms with Crippen molar-refractivity contribution in [3.8, 4) is 0 Å². The zero-order valence-corrected chi connectivity index (χ0v) is 23.1. The molecule has 0 radical (unpaired) electrons. The normalized spacial score (nSPS) is 31.4. The summed E-state index contributed by atoms with van der Waals surface area (Å²) in [5.41, 5.74) is -1.99. The van der Waals surface area contributed by atoms with Gasteiger partial charge in [0, 0.05) is 24.5 Å². The van der Waals surface area contributed by atoms with Crippen molar-refractivity contribution < 1.29 is 28.8 Å². The standard InChI is InChI=1S/C27H34N2O7Si/c1-25(2,3)37(5,6)35-14-13-27-15-20(30)26(4,36-27)21-22(27)24(32)28(23(21)31)18-11-12-19(29(33)34)17-10-8-7-9-16(17)18/h7-12,20-22,30H,13-15H2,1-6H3/t20?,21-,22+,26-,27+/m0/s1. The van der Waals surface area contributed by atoms with Crippen LogP contribution in [0.4, 0.5) is 11.4 Å². The van der Waals surface area contributed by atoms with Crippen LogP contribution in [-0.2, 0) is 18.8 Å². The van der Waals surface area contributed by atoms with E-state index in [0.717, 1.165) is 4.90 Å². The molecule has 2 aromatic carbocycles. The third kappa shape index (κ3) is 3.60. The van der Waals surface area contributed by atoms with E-state index in [9.17, 15) is 24.8 Å². The zero-order valence-electron chi connectivity index (χ0n) is 22.1. The van der Waals surface area contributed by atoms with E-state index in [4.69, 9.17) is 9.16 Å². The number of hydrogen-bond donors (Lipinski definition) is 1. The molecule has 1 N–H and O–H groups in total. The van der Waals surface area contributed by atoms with Crippen molar-refractivity contribution in [1.29, 1.82) is 0 Å². The van der Waals surface area contributed by atoms with Crippen molar-refractivity contribution in [3.05, 3.63) is 46.5 Å². The number of fused-ring (bicyclic) bond motifs is 6. The molecule has 0 aromatic heterocycles. The van der Waals surface area contributed by atoms with E-state index in [0.29, 0.717) is 29.5 Å². The van der Waals surface area contributed by atoms with Crippen LogP contribution in [0.25, 0.3) is 10.8 Å². The Morgan fingerprint density at radius 1 is 1.14 bits per heavy atom. The van der Waals surface area contributed by atoms with Crippen LogP contribution in [0.5, 0.6) is 0 Å². The topological polar surface area (TPSA) is 119 Å². The molecule has 5 atom stereocenters. The highest BCUT2D eigenvalue weighted by molar-refractivity contribution is 6.74. The van der Waals surface area contributed by atoms with E-state index in [1.807, 2.05) is 0 Å². The van der Waals surface area contributed by atoms with Crippen LogP contribution in [-0.4, -0.2) is 54.1 Å². The number of amides is 2. The Hall–Kier alpha value is -2.66. The maximum atomic E-state index is 14.0. The third-order valence-corrected chi connectivity index (χ3v) is 13.8. The van der Waals surface area contributed by atoms with Gasteiger partial charge in [-0.15, -0.1) is 0 Å². The molecule has 3 saturated heterocycles. The number of aliphatic hydroxyl groups is 1. The summed E-state index contributed by atoms with van der Waals surface area (Å²) >= 11 is 0. The lowest BCUT2D eigenvalue weighted by molar-refractivity contribution is -0.383. The van der Waals surface area contributed by atoms with Crippen molar-refractivity contribution in [3.63, 3.8) is 0 Å². The molecule has 3 aliphatic rings.